The van der Waals surface area contributed by atoms with Crippen molar-refractivity contribution in [2.75, 3.05) is 11.9 Å². The molecule has 98 valence electrons. The smallest absolute Gasteiger partial charge is 0.260 e. The summed E-state index contributed by atoms with van der Waals surface area (Å²) in [4.78, 5) is 16.9. The normalized spacial score (nSPS) is 9.84. The number of nitrogens with one attached hydrogen (secondary N) is 1. The van der Waals surface area contributed by atoms with Gasteiger partial charge in [0.1, 0.15) is 0 Å². The summed E-state index contributed by atoms with van der Waals surface area (Å²) in [6.45, 7) is 2.09. The average molecular weight is 275 g/mol. The van der Waals surface area contributed by atoms with E-state index in [1.807, 2.05) is 0 Å². The van der Waals surface area contributed by atoms with E-state index in [2.05, 4.69) is 27.2 Å². The molecule has 2 rings (SSSR count). The van der Waals surface area contributed by atoms with E-state index in [9.17, 15) is 4.79 Å². The number of hydrogen-bond donors (Lipinski definition) is 2. The van der Waals surface area contributed by atoms with Crippen LogP contribution in [0.3, 0.4) is 0 Å². The molecule has 0 bridgehead atoms. The highest BCUT2D eigenvalue weighted by Crippen LogP contribution is 2.18. The largest absolute Gasteiger partial charge is 0.320 e. The van der Waals surface area contributed by atoms with Gasteiger partial charge < -0.3 is 5.73 Å². The topological polar surface area (TPSA) is 85.8 Å². The van der Waals surface area contributed by atoms with Crippen LogP contribution in [0.1, 0.15) is 20.9 Å². The van der Waals surface area contributed by atoms with Gasteiger partial charge in [-0.1, -0.05) is 23.2 Å². The van der Waals surface area contributed by atoms with E-state index in [4.69, 9.17) is 5.73 Å². The molecule has 19 heavy (non-hydrogen) atoms. The molecule has 0 radical (unpaired) electrons. The second-order valence-electron chi connectivity index (χ2n) is 3.79. The number of carbonyl (C=O) groups excluding carboxylic acids is 1. The standard InChI is InChI=1S/C12H13N5OS/c1-8-10(7-17(2)16-8)11(18)15-12-14-6-9(19-12)4-3-5-13/h6-7H,5,13H2,1-2H3,(H,14,15,18). The van der Waals surface area contributed by atoms with Crippen molar-refractivity contribution in [1.29, 1.82) is 0 Å². The van der Waals surface area contributed by atoms with E-state index >= 15 is 0 Å². The number of carbonyl (C=O) groups is 1. The monoisotopic (exact) mass is 275 g/mol. The molecule has 6 nitrogen and oxygen atoms in total. The van der Waals surface area contributed by atoms with Gasteiger partial charge in [0, 0.05) is 13.2 Å². The summed E-state index contributed by atoms with van der Waals surface area (Å²) < 4.78 is 1.60. The van der Waals surface area contributed by atoms with E-state index < -0.39 is 0 Å². The Bertz CT molecular complexity index is 661. The van der Waals surface area contributed by atoms with E-state index in [0.717, 1.165) is 4.88 Å². The van der Waals surface area contributed by atoms with Gasteiger partial charge in [-0.05, 0) is 6.92 Å². The first-order chi connectivity index (χ1) is 9.10. The number of hydrogen-bond acceptors (Lipinski definition) is 5. The predicted octanol–water partition coefficient (Wildman–Crippen LogP) is 0.748. The Morgan fingerprint density at radius 3 is 3.05 bits per heavy atom. The Morgan fingerprint density at radius 1 is 1.63 bits per heavy atom. The molecule has 0 aliphatic carbocycles. The Hall–Kier alpha value is -2.17. The van der Waals surface area contributed by atoms with Crippen molar-refractivity contribution in [3.05, 3.63) is 28.5 Å². The SMILES string of the molecule is Cc1nn(C)cc1C(=O)Nc1ncc(C#CCN)s1. The summed E-state index contributed by atoms with van der Waals surface area (Å²) >= 11 is 1.31. The first kappa shape index (κ1) is 13.3. The lowest BCUT2D eigenvalue weighted by Crippen LogP contribution is -2.12. The number of aryl methyl sites for hydroxylation is 2. The highest BCUT2D eigenvalue weighted by atomic mass is 32.1. The van der Waals surface area contributed by atoms with E-state index in [1.54, 1.807) is 31.0 Å². The van der Waals surface area contributed by atoms with Crippen LogP contribution in [0.2, 0.25) is 0 Å². The molecule has 0 saturated heterocycles. The molecular formula is C12H13N5OS. The molecule has 1 amide bonds. The van der Waals surface area contributed by atoms with Gasteiger partial charge in [-0.3, -0.25) is 14.8 Å². The highest BCUT2D eigenvalue weighted by Gasteiger charge is 2.13. The lowest BCUT2D eigenvalue weighted by Gasteiger charge is -1.98. The van der Waals surface area contributed by atoms with Gasteiger partial charge in [-0.25, -0.2) is 4.98 Å². The van der Waals surface area contributed by atoms with Crippen LogP contribution in [0.5, 0.6) is 0 Å². The molecule has 3 N–H and O–H groups in total. The molecule has 7 heteroatoms. The molecule has 0 aliphatic rings. The number of nitrogens with two attached hydrogens (primary N) is 1. The minimum absolute atomic E-state index is 0.224. The number of rotatable bonds is 2. The van der Waals surface area contributed by atoms with Crippen molar-refractivity contribution in [3.63, 3.8) is 0 Å². The molecule has 0 spiro atoms. The van der Waals surface area contributed by atoms with Crippen LogP contribution < -0.4 is 11.1 Å². The fraction of sp³-hybridized carbons (Fsp3) is 0.250. The fourth-order valence-corrected chi connectivity index (χ4v) is 2.20. The molecule has 0 unspecified atom stereocenters. The Kier molecular flexibility index (Phi) is 3.94. The summed E-state index contributed by atoms with van der Waals surface area (Å²) in [6.07, 6.45) is 3.28. The molecule has 0 aliphatic heterocycles. The third-order valence-corrected chi connectivity index (χ3v) is 3.13. The van der Waals surface area contributed by atoms with Crippen molar-refractivity contribution in [2.24, 2.45) is 12.8 Å². The van der Waals surface area contributed by atoms with Gasteiger partial charge in [0.25, 0.3) is 5.91 Å². The van der Waals surface area contributed by atoms with Crippen molar-refractivity contribution in [3.8, 4) is 11.8 Å². The van der Waals surface area contributed by atoms with E-state index in [-0.39, 0.29) is 5.91 Å². The third kappa shape index (κ3) is 3.19. The lowest BCUT2D eigenvalue weighted by atomic mass is 10.2. The number of nitrogens with zero attached hydrogens (tertiary/aromatic N) is 3. The van der Waals surface area contributed by atoms with Gasteiger partial charge in [0.2, 0.25) is 0 Å². The molecule has 2 aromatic rings. The van der Waals surface area contributed by atoms with Crippen LogP contribution in [-0.4, -0.2) is 27.2 Å². The summed E-state index contributed by atoms with van der Waals surface area (Å²) in [5, 5.41) is 7.36. The summed E-state index contributed by atoms with van der Waals surface area (Å²) in [7, 11) is 1.77. The number of amides is 1. The predicted molar refractivity (Wildman–Crippen MR) is 73.9 cm³/mol. The van der Waals surface area contributed by atoms with Gasteiger partial charge >= 0.3 is 0 Å². The Balaban J connectivity index is 2.11. The minimum atomic E-state index is -0.224. The second-order valence-corrected chi connectivity index (χ2v) is 4.82. The Labute approximate surface area is 114 Å². The van der Waals surface area contributed by atoms with E-state index in [1.165, 1.54) is 11.3 Å². The zero-order valence-electron chi connectivity index (χ0n) is 10.6. The van der Waals surface area contributed by atoms with Crippen molar-refractivity contribution in [2.45, 2.75) is 6.92 Å². The minimum Gasteiger partial charge on any atom is -0.320 e. The molecule has 0 saturated carbocycles. The molecule has 2 aromatic heterocycles. The number of aromatic nitrogens is 3. The van der Waals surface area contributed by atoms with Gasteiger partial charge in [-0.2, -0.15) is 5.10 Å². The fourth-order valence-electron chi connectivity index (χ4n) is 1.51. The lowest BCUT2D eigenvalue weighted by molar-refractivity contribution is 0.102. The van der Waals surface area contributed by atoms with Crippen molar-refractivity contribution < 1.29 is 4.79 Å². The van der Waals surface area contributed by atoms with Crippen LogP contribution in [0, 0.1) is 18.8 Å². The second kappa shape index (κ2) is 5.65. The first-order valence-electron chi connectivity index (χ1n) is 5.56. The summed E-state index contributed by atoms with van der Waals surface area (Å²) in [5.41, 5.74) is 6.51. The maximum absolute atomic E-state index is 12.0. The van der Waals surface area contributed by atoms with Crippen LogP contribution in [0.15, 0.2) is 12.4 Å². The van der Waals surface area contributed by atoms with Crippen LogP contribution in [0.4, 0.5) is 5.13 Å². The van der Waals surface area contributed by atoms with Crippen molar-refractivity contribution in [1.82, 2.24) is 14.8 Å². The number of anilines is 1. The van der Waals surface area contributed by atoms with Crippen LogP contribution >= 0.6 is 11.3 Å². The maximum Gasteiger partial charge on any atom is 0.260 e. The third-order valence-electron chi connectivity index (χ3n) is 2.30. The van der Waals surface area contributed by atoms with Gasteiger partial charge in [0.15, 0.2) is 5.13 Å². The molecule has 0 aromatic carbocycles. The maximum atomic E-state index is 12.0. The van der Waals surface area contributed by atoms with Crippen LogP contribution in [-0.2, 0) is 7.05 Å². The van der Waals surface area contributed by atoms with E-state index in [0.29, 0.717) is 22.9 Å². The van der Waals surface area contributed by atoms with Gasteiger partial charge in [0.05, 0.1) is 28.9 Å². The highest BCUT2D eigenvalue weighted by molar-refractivity contribution is 7.16. The summed E-state index contributed by atoms with van der Waals surface area (Å²) in [5.74, 6) is 5.38. The average Bonchev–Trinajstić information content (AvgIpc) is 2.93. The van der Waals surface area contributed by atoms with Crippen molar-refractivity contribution >= 4 is 22.4 Å². The van der Waals surface area contributed by atoms with Crippen LogP contribution in [0.25, 0.3) is 0 Å². The molecule has 0 atom stereocenters. The molecular weight excluding hydrogens is 262 g/mol. The summed E-state index contributed by atoms with van der Waals surface area (Å²) in [6, 6.07) is 0. The Morgan fingerprint density at radius 2 is 2.42 bits per heavy atom. The molecule has 0 fully saturated rings. The molecule has 2 heterocycles. The number of thiazole rings is 1. The quantitative estimate of drug-likeness (QED) is 0.792. The van der Waals surface area contributed by atoms with Gasteiger partial charge in [-0.15, -0.1) is 0 Å². The zero-order valence-corrected chi connectivity index (χ0v) is 11.4. The zero-order chi connectivity index (χ0) is 13.8. The first-order valence-corrected chi connectivity index (χ1v) is 6.38.